The first-order chi connectivity index (χ1) is 13.2. The van der Waals surface area contributed by atoms with Crippen LogP contribution in [0.3, 0.4) is 0 Å². The summed E-state index contributed by atoms with van der Waals surface area (Å²) in [5.41, 5.74) is 2.00. The number of aromatic amines is 1. The number of hydrogen-bond acceptors (Lipinski definition) is 4. The average Bonchev–Trinajstić information content (AvgIpc) is 3.21. The second-order valence-electron chi connectivity index (χ2n) is 5.99. The maximum Gasteiger partial charge on any atom is 0.218 e. The van der Waals surface area contributed by atoms with Crippen molar-refractivity contribution >= 4 is 39.9 Å². The normalized spacial score (nSPS) is 10.9. The molecular weight excluding hydrogens is 383 g/mol. The lowest BCUT2D eigenvalue weighted by Crippen LogP contribution is -2.05. The number of aromatic nitrogens is 3. The molecule has 0 saturated heterocycles. The van der Waals surface area contributed by atoms with Crippen molar-refractivity contribution in [3.8, 4) is 5.75 Å². The van der Waals surface area contributed by atoms with Crippen molar-refractivity contribution in [2.45, 2.75) is 13.2 Å². The van der Waals surface area contributed by atoms with E-state index in [1.54, 1.807) is 6.07 Å². The molecule has 3 aromatic carbocycles. The molecular formula is C20H16Cl2N4O. The maximum absolute atomic E-state index is 6.11. The van der Waals surface area contributed by atoms with E-state index in [4.69, 9.17) is 27.9 Å². The van der Waals surface area contributed by atoms with E-state index in [1.807, 2.05) is 30.3 Å². The number of halogens is 2. The Kier molecular flexibility index (Phi) is 5.14. The van der Waals surface area contributed by atoms with Gasteiger partial charge in [0.25, 0.3) is 0 Å². The Labute approximate surface area is 166 Å². The predicted octanol–water partition coefficient (Wildman–Crippen LogP) is 5.46. The van der Waals surface area contributed by atoms with E-state index in [9.17, 15) is 0 Å². The zero-order valence-corrected chi connectivity index (χ0v) is 15.8. The van der Waals surface area contributed by atoms with Crippen LogP contribution >= 0.6 is 23.2 Å². The number of H-pyrrole nitrogens is 1. The van der Waals surface area contributed by atoms with Gasteiger partial charge in [-0.15, -0.1) is 0 Å². The Morgan fingerprint density at radius 2 is 1.89 bits per heavy atom. The molecule has 7 heteroatoms. The predicted molar refractivity (Wildman–Crippen MR) is 108 cm³/mol. The third kappa shape index (κ3) is 3.99. The van der Waals surface area contributed by atoms with Crippen LogP contribution in [0.1, 0.15) is 11.1 Å². The van der Waals surface area contributed by atoms with Crippen LogP contribution in [-0.2, 0) is 13.2 Å². The molecule has 0 saturated carbocycles. The Morgan fingerprint density at radius 3 is 2.70 bits per heavy atom. The van der Waals surface area contributed by atoms with Gasteiger partial charge >= 0.3 is 0 Å². The van der Waals surface area contributed by atoms with Crippen molar-refractivity contribution in [3.05, 3.63) is 82.1 Å². The standard InChI is InChI=1S/C20H16Cl2N4O/c21-17-7-5-13(9-18(17)22)11-27-19-8-6-14-3-1-2-4-15(14)16(19)10-23-20-24-12-25-26-20/h1-9,12H,10-11H2,(H2,23,24,25,26). The molecule has 0 spiro atoms. The molecule has 5 nitrogen and oxygen atoms in total. The van der Waals surface area contributed by atoms with Crippen LogP contribution in [0.5, 0.6) is 5.75 Å². The molecule has 136 valence electrons. The van der Waals surface area contributed by atoms with Gasteiger partial charge in [0.05, 0.1) is 10.0 Å². The van der Waals surface area contributed by atoms with Crippen molar-refractivity contribution in [1.82, 2.24) is 15.2 Å². The summed E-state index contributed by atoms with van der Waals surface area (Å²) < 4.78 is 6.11. The molecule has 0 fully saturated rings. The molecule has 0 bridgehead atoms. The van der Waals surface area contributed by atoms with E-state index >= 15 is 0 Å². The van der Waals surface area contributed by atoms with E-state index in [1.165, 1.54) is 6.33 Å². The van der Waals surface area contributed by atoms with Gasteiger partial charge in [-0.05, 0) is 34.5 Å². The number of nitrogens with zero attached hydrogens (tertiary/aromatic N) is 2. The molecule has 0 aliphatic heterocycles. The minimum Gasteiger partial charge on any atom is -0.489 e. The van der Waals surface area contributed by atoms with E-state index in [-0.39, 0.29) is 0 Å². The average molecular weight is 399 g/mol. The molecule has 4 rings (SSSR count). The SMILES string of the molecule is Clc1ccc(COc2ccc3ccccc3c2CNc2ncn[nH]2)cc1Cl. The molecule has 1 heterocycles. The zero-order chi connectivity index (χ0) is 18.6. The molecule has 27 heavy (non-hydrogen) atoms. The van der Waals surface area contributed by atoms with Crippen LogP contribution in [0.25, 0.3) is 10.8 Å². The second-order valence-corrected chi connectivity index (χ2v) is 6.80. The Morgan fingerprint density at radius 1 is 1.00 bits per heavy atom. The van der Waals surface area contributed by atoms with Crippen LogP contribution in [0.2, 0.25) is 10.0 Å². The molecule has 0 aliphatic rings. The van der Waals surface area contributed by atoms with Gasteiger partial charge in [-0.2, -0.15) is 5.10 Å². The van der Waals surface area contributed by atoms with Crippen molar-refractivity contribution in [2.75, 3.05) is 5.32 Å². The monoisotopic (exact) mass is 398 g/mol. The van der Waals surface area contributed by atoms with Crippen LogP contribution < -0.4 is 10.1 Å². The maximum atomic E-state index is 6.11. The highest BCUT2D eigenvalue weighted by Crippen LogP contribution is 2.30. The lowest BCUT2D eigenvalue weighted by Gasteiger charge is -2.15. The summed E-state index contributed by atoms with van der Waals surface area (Å²) in [6, 6.07) is 17.7. The summed E-state index contributed by atoms with van der Waals surface area (Å²) in [4.78, 5) is 4.11. The largest absolute Gasteiger partial charge is 0.489 e. The third-order valence-corrected chi connectivity index (χ3v) is 4.96. The van der Waals surface area contributed by atoms with Crippen LogP contribution in [-0.4, -0.2) is 15.2 Å². The van der Waals surface area contributed by atoms with Gasteiger partial charge in [0, 0.05) is 12.1 Å². The van der Waals surface area contributed by atoms with Gasteiger partial charge in [-0.1, -0.05) is 59.6 Å². The van der Waals surface area contributed by atoms with Crippen molar-refractivity contribution in [2.24, 2.45) is 0 Å². The minimum atomic E-state index is 0.393. The summed E-state index contributed by atoms with van der Waals surface area (Å²) in [6.45, 7) is 0.942. The summed E-state index contributed by atoms with van der Waals surface area (Å²) in [6.07, 6.45) is 1.47. The number of rotatable bonds is 6. The van der Waals surface area contributed by atoms with Crippen LogP contribution in [0, 0.1) is 0 Å². The number of ether oxygens (including phenoxy) is 1. The quantitative estimate of drug-likeness (QED) is 0.452. The first-order valence-electron chi connectivity index (χ1n) is 8.37. The topological polar surface area (TPSA) is 62.8 Å². The highest BCUT2D eigenvalue weighted by Gasteiger charge is 2.10. The summed E-state index contributed by atoms with van der Waals surface area (Å²) in [7, 11) is 0. The van der Waals surface area contributed by atoms with E-state index in [0.717, 1.165) is 27.6 Å². The van der Waals surface area contributed by atoms with Crippen LogP contribution in [0.4, 0.5) is 5.95 Å². The lowest BCUT2D eigenvalue weighted by atomic mass is 10.0. The van der Waals surface area contributed by atoms with Gasteiger partial charge in [0.1, 0.15) is 18.7 Å². The fourth-order valence-corrected chi connectivity index (χ4v) is 3.21. The molecule has 1 aromatic heterocycles. The first-order valence-corrected chi connectivity index (χ1v) is 9.13. The molecule has 0 radical (unpaired) electrons. The van der Waals surface area contributed by atoms with Crippen molar-refractivity contribution < 1.29 is 4.74 Å². The zero-order valence-electron chi connectivity index (χ0n) is 14.2. The van der Waals surface area contributed by atoms with E-state index in [0.29, 0.717) is 29.1 Å². The Balaban J connectivity index is 1.62. The number of hydrogen-bond donors (Lipinski definition) is 2. The summed E-state index contributed by atoms with van der Waals surface area (Å²) in [5.74, 6) is 1.41. The third-order valence-electron chi connectivity index (χ3n) is 4.22. The highest BCUT2D eigenvalue weighted by atomic mass is 35.5. The molecule has 4 aromatic rings. The number of anilines is 1. The smallest absolute Gasteiger partial charge is 0.218 e. The minimum absolute atomic E-state index is 0.393. The molecule has 2 N–H and O–H groups in total. The van der Waals surface area contributed by atoms with Crippen LogP contribution in [0.15, 0.2) is 60.9 Å². The lowest BCUT2D eigenvalue weighted by molar-refractivity contribution is 0.304. The molecule has 0 unspecified atom stereocenters. The number of nitrogens with one attached hydrogen (secondary N) is 2. The highest BCUT2D eigenvalue weighted by molar-refractivity contribution is 6.42. The van der Waals surface area contributed by atoms with Gasteiger partial charge in [-0.3, -0.25) is 0 Å². The fraction of sp³-hybridized carbons (Fsp3) is 0.100. The van der Waals surface area contributed by atoms with Crippen molar-refractivity contribution in [1.29, 1.82) is 0 Å². The Hall–Kier alpha value is -2.76. The number of benzene rings is 3. The van der Waals surface area contributed by atoms with Gasteiger partial charge in [-0.25, -0.2) is 10.1 Å². The summed E-state index contributed by atoms with van der Waals surface area (Å²) >= 11 is 12.1. The fourth-order valence-electron chi connectivity index (χ4n) is 2.89. The van der Waals surface area contributed by atoms with E-state index < -0.39 is 0 Å². The second kappa shape index (κ2) is 7.86. The molecule has 0 aliphatic carbocycles. The first kappa shape index (κ1) is 17.6. The van der Waals surface area contributed by atoms with Gasteiger partial charge < -0.3 is 10.1 Å². The van der Waals surface area contributed by atoms with Crippen molar-refractivity contribution in [3.63, 3.8) is 0 Å². The van der Waals surface area contributed by atoms with Gasteiger partial charge in [0.15, 0.2) is 0 Å². The molecule has 0 atom stereocenters. The Bertz CT molecular complexity index is 1070. The van der Waals surface area contributed by atoms with Gasteiger partial charge in [0.2, 0.25) is 5.95 Å². The number of fused-ring (bicyclic) bond motifs is 1. The summed E-state index contributed by atoms with van der Waals surface area (Å²) in [5, 5.41) is 13.2. The van der Waals surface area contributed by atoms with E-state index in [2.05, 4.69) is 38.7 Å². The molecule has 0 amide bonds.